The second kappa shape index (κ2) is 8.98. The third-order valence-electron chi connectivity index (χ3n) is 3.90. The van der Waals surface area contributed by atoms with Crippen LogP contribution in [0.25, 0.3) is 0 Å². The standard InChI is InChI=1S/C20H22N2O6/c1-3-25-15-8-6-14(10-18(15)26-4-2)22-20(24)19(23)21-11-13-5-7-16-17(9-13)28-12-27-16/h5-10H,3-4,11-12H2,1-2H3,(H,21,23)(H,22,24). The van der Waals surface area contributed by atoms with Crippen molar-refractivity contribution in [2.24, 2.45) is 0 Å². The Labute approximate surface area is 162 Å². The van der Waals surface area contributed by atoms with E-state index in [0.29, 0.717) is 41.9 Å². The minimum atomic E-state index is -0.771. The molecule has 0 saturated heterocycles. The molecule has 2 aromatic carbocycles. The van der Waals surface area contributed by atoms with Gasteiger partial charge < -0.3 is 29.6 Å². The summed E-state index contributed by atoms with van der Waals surface area (Å²) in [5.74, 6) is 0.844. The minimum Gasteiger partial charge on any atom is -0.490 e. The Morgan fingerprint density at radius 1 is 0.929 bits per heavy atom. The van der Waals surface area contributed by atoms with Crippen LogP contribution in [0.3, 0.4) is 0 Å². The molecule has 2 amide bonds. The molecule has 0 unspecified atom stereocenters. The number of nitrogens with one attached hydrogen (secondary N) is 2. The molecule has 8 nitrogen and oxygen atoms in total. The molecule has 0 bridgehead atoms. The first kappa shape index (κ1) is 19.3. The van der Waals surface area contributed by atoms with E-state index in [2.05, 4.69) is 10.6 Å². The first-order valence-corrected chi connectivity index (χ1v) is 8.98. The predicted molar refractivity (Wildman–Crippen MR) is 102 cm³/mol. The lowest BCUT2D eigenvalue weighted by Crippen LogP contribution is -2.34. The van der Waals surface area contributed by atoms with E-state index in [0.717, 1.165) is 5.56 Å². The summed E-state index contributed by atoms with van der Waals surface area (Å²) >= 11 is 0. The first-order valence-electron chi connectivity index (χ1n) is 8.98. The molecule has 0 fully saturated rings. The van der Waals surface area contributed by atoms with Gasteiger partial charge in [0.25, 0.3) is 0 Å². The van der Waals surface area contributed by atoms with Gasteiger partial charge >= 0.3 is 11.8 Å². The van der Waals surface area contributed by atoms with Crippen molar-refractivity contribution in [2.45, 2.75) is 20.4 Å². The van der Waals surface area contributed by atoms with Crippen molar-refractivity contribution < 1.29 is 28.5 Å². The molecule has 0 radical (unpaired) electrons. The van der Waals surface area contributed by atoms with Gasteiger partial charge in [-0.3, -0.25) is 9.59 Å². The smallest absolute Gasteiger partial charge is 0.313 e. The number of anilines is 1. The summed E-state index contributed by atoms with van der Waals surface area (Å²) in [4.78, 5) is 24.3. The van der Waals surface area contributed by atoms with E-state index in [4.69, 9.17) is 18.9 Å². The molecular weight excluding hydrogens is 364 g/mol. The molecule has 1 aliphatic rings. The predicted octanol–water partition coefficient (Wildman–Crippen LogP) is 2.47. The Morgan fingerprint density at radius 3 is 2.46 bits per heavy atom. The highest BCUT2D eigenvalue weighted by Gasteiger charge is 2.17. The molecule has 148 valence electrons. The molecule has 0 aliphatic carbocycles. The second-order valence-electron chi connectivity index (χ2n) is 5.85. The van der Waals surface area contributed by atoms with Crippen molar-refractivity contribution >= 4 is 17.5 Å². The van der Waals surface area contributed by atoms with Gasteiger partial charge in [-0.2, -0.15) is 0 Å². The highest BCUT2D eigenvalue weighted by Crippen LogP contribution is 2.32. The van der Waals surface area contributed by atoms with Crippen molar-refractivity contribution in [3.05, 3.63) is 42.0 Å². The van der Waals surface area contributed by atoms with E-state index in [1.807, 2.05) is 13.8 Å². The maximum atomic E-state index is 12.2. The van der Waals surface area contributed by atoms with E-state index in [9.17, 15) is 9.59 Å². The van der Waals surface area contributed by atoms with Gasteiger partial charge in [-0.05, 0) is 43.7 Å². The fraction of sp³-hybridized carbons (Fsp3) is 0.300. The Hall–Kier alpha value is -3.42. The van der Waals surface area contributed by atoms with Crippen LogP contribution in [0.1, 0.15) is 19.4 Å². The van der Waals surface area contributed by atoms with Crippen molar-refractivity contribution in [2.75, 3.05) is 25.3 Å². The van der Waals surface area contributed by atoms with E-state index in [1.165, 1.54) is 0 Å². The molecule has 8 heteroatoms. The summed E-state index contributed by atoms with van der Waals surface area (Å²) < 4.78 is 21.5. The largest absolute Gasteiger partial charge is 0.490 e. The van der Waals surface area contributed by atoms with Gasteiger partial charge in [0.1, 0.15) is 0 Å². The maximum Gasteiger partial charge on any atom is 0.313 e. The Morgan fingerprint density at radius 2 is 1.68 bits per heavy atom. The number of rotatable bonds is 7. The van der Waals surface area contributed by atoms with Gasteiger partial charge in [0.05, 0.1) is 13.2 Å². The molecule has 0 saturated carbocycles. The van der Waals surface area contributed by atoms with Gasteiger partial charge in [0.15, 0.2) is 23.0 Å². The van der Waals surface area contributed by atoms with Gasteiger partial charge in [0.2, 0.25) is 6.79 Å². The third kappa shape index (κ3) is 4.64. The van der Waals surface area contributed by atoms with E-state index < -0.39 is 11.8 Å². The molecule has 0 aromatic heterocycles. The zero-order chi connectivity index (χ0) is 19.9. The summed E-state index contributed by atoms with van der Waals surface area (Å²) in [5, 5.41) is 5.13. The Balaban J connectivity index is 1.57. The lowest BCUT2D eigenvalue weighted by Gasteiger charge is -2.13. The summed E-state index contributed by atoms with van der Waals surface area (Å²) in [5.41, 5.74) is 1.24. The number of amides is 2. The Kier molecular flexibility index (Phi) is 6.21. The monoisotopic (exact) mass is 386 g/mol. The highest BCUT2D eigenvalue weighted by molar-refractivity contribution is 6.39. The van der Waals surface area contributed by atoms with Crippen LogP contribution < -0.4 is 29.6 Å². The van der Waals surface area contributed by atoms with Gasteiger partial charge in [-0.15, -0.1) is 0 Å². The normalized spacial score (nSPS) is 11.6. The molecule has 3 rings (SSSR count). The lowest BCUT2D eigenvalue weighted by molar-refractivity contribution is -0.136. The first-order chi connectivity index (χ1) is 13.6. The SMILES string of the molecule is CCOc1ccc(NC(=O)C(=O)NCc2ccc3c(c2)OCO3)cc1OCC. The van der Waals surface area contributed by atoms with Gasteiger partial charge in [-0.25, -0.2) is 0 Å². The fourth-order valence-corrected chi connectivity index (χ4v) is 2.63. The number of benzene rings is 2. The number of carbonyl (C=O) groups excluding carboxylic acids is 2. The zero-order valence-electron chi connectivity index (χ0n) is 15.7. The number of hydrogen-bond acceptors (Lipinski definition) is 6. The quantitative estimate of drug-likeness (QED) is 0.710. The van der Waals surface area contributed by atoms with E-state index in [-0.39, 0.29) is 13.3 Å². The molecule has 1 aliphatic heterocycles. The van der Waals surface area contributed by atoms with Crippen LogP contribution in [-0.2, 0) is 16.1 Å². The van der Waals surface area contributed by atoms with Gasteiger partial charge in [-0.1, -0.05) is 6.07 Å². The molecule has 1 heterocycles. The number of carbonyl (C=O) groups is 2. The molecule has 2 aromatic rings. The van der Waals surface area contributed by atoms with Crippen LogP contribution in [0, 0.1) is 0 Å². The molecule has 0 spiro atoms. The third-order valence-corrected chi connectivity index (χ3v) is 3.90. The van der Waals surface area contributed by atoms with Crippen LogP contribution in [0.15, 0.2) is 36.4 Å². The van der Waals surface area contributed by atoms with Crippen LogP contribution in [0.4, 0.5) is 5.69 Å². The molecule has 2 N–H and O–H groups in total. The van der Waals surface area contributed by atoms with E-state index >= 15 is 0 Å². The van der Waals surface area contributed by atoms with Crippen molar-refractivity contribution in [1.82, 2.24) is 5.32 Å². The van der Waals surface area contributed by atoms with E-state index in [1.54, 1.807) is 36.4 Å². The molecular formula is C20H22N2O6. The van der Waals surface area contributed by atoms with Crippen LogP contribution in [-0.4, -0.2) is 31.8 Å². The van der Waals surface area contributed by atoms with Crippen molar-refractivity contribution in [1.29, 1.82) is 0 Å². The minimum absolute atomic E-state index is 0.180. The summed E-state index contributed by atoms with van der Waals surface area (Å²) in [6, 6.07) is 10.3. The average molecular weight is 386 g/mol. The second-order valence-corrected chi connectivity index (χ2v) is 5.85. The van der Waals surface area contributed by atoms with Gasteiger partial charge in [0, 0.05) is 18.3 Å². The summed E-state index contributed by atoms with van der Waals surface area (Å²) in [7, 11) is 0. The number of ether oxygens (including phenoxy) is 4. The van der Waals surface area contributed by atoms with Crippen molar-refractivity contribution in [3.8, 4) is 23.0 Å². The topological polar surface area (TPSA) is 95.1 Å². The number of fused-ring (bicyclic) bond motifs is 1. The molecule has 0 atom stereocenters. The fourth-order valence-electron chi connectivity index (χ4n) is 2.63. The van der Waals surface area contributed by atoms with Crippen molar-refractivity contribution in [3.63, 3.8) is 0 Å². The summed E-state index contributed by atoms with van der Waals surface area (Å²) in [6.07, 6.45) is 0. The van der Waals surface area contributed by atoms with Crippen LogP contribution in [0.2, 0.25) is 0 Å². The number of hydrogen-bond donors (Lipinski definition) is 2. The van der Waals surface area contributed by atoms with Crippen LogP contribution in [0.5, 0.6) is 23.0 Å². The zero-order valence-corrected chi connectivity index (χ0v) is 15.7. The lowest BCUT2D eigenvalue weighted by atomic mass is 10.2. The Bertz CT molecular complexity index is 868. The average Bonchev–Trinajstić information content (AvgIpc) is 3.16. The van der Waals surface area contributed by atoms with Crippen LogP contribution >= 0.6 is 0 Å². The highest BCUT2D eigenvalue weighted by atomic mass is 16.7. The summed E-state index contributed by atoms with van der Waals surface area (Å²) in [6.45, 7) is 5.04. The molecule has 28 heavy (non-hydrogen) atoms. The maximum absolute atomic E-state index is 12.2.